The summed E-state index contributed by atoms with van der Waals surface area (Å²) in [7, 11) is 2.05. The van der Waals surface area contributed by atoms with Gasteiger partial charge in [-0.3, -0.25) is 4.79 Å². The molecule has 0 bridgehead atoms. The van der Waals surface area contributed by atoms with Gasteiger partial charge in [0.1, 0.15) is 0 Å². The van der Waals surface area contributed by atoms with E-state index < -0.39 is 0 Å². The summed E-state index contributed by atoms with van der Waals surface area (Å²) in [4.78, 5) is 11.7. The van der Waals surface area contributed by atoms with Crippen LogP contribution < -0.4 is 10.6 Å². The van der Waals surface area contributed by atoms with Crippen molar-refractivity contribution in [3.8, 4) is 0 Å². The van der Waals surface area contributed by atoms with Gasteiger partial charge in [0.25, 0.3) is 0 Å². The van der Waals surface area contributed by atoms with E-state index in [1.54, 1.807) is 0 Å². The van der Waals surface area contributed by atoms with Crippen LogP contribution >= 0.6 is 11.8 Å². The minimum atomic E-state index is 0.232. The molecule has 18 heavy (non-hydrogen) atoms. The number of carbonyl (C=O) groups is 1. The lowest BCUT2D eigenvalue weighted by Crippen LogP contribution is -2.41. The Balaban J connectivity index is 1.74. The molecule has 4 heteroatoms. The van der Waals surface area contributed by atoms with E-state index in [1.165, 1.54) is 38.5 Å². The highest BCUT2D eigenvalue weighted by Crippen LogP contribution is 2.34. The third-order valence-corrected chi connectivity index (χ3v) is 5.60. The Morgan fingerprint density at radius 2 is 2.06 bits per heavy atom. The van der Waals surface area contributed by atoms with Crippen molar-refractivity contribution in [2.45, 2.75) is 62.8 Å². The van der Waals surface area contributed by atoms with Crippen molar-refractivity contribution in [2.24, 2.45) is 5.92 Å². The van der Waals surface area contributed by atoms with Gasteiger partial charge < -0.3 is 10.6 Å². The van der Waals surface area contributed by atoms with Crippen molar-refractivity contribution in [1.29, 1.82) is 0 Å². The first-order chi connectivity index (χ1) is 8.72. The summed E-state index contributed by atoms with van der Waals surface area (Å²) >= 11 is 1.85. The van der Waals surface area contributed by atoms with Gasteiger partial charge >= 0.3 is 0 Å². The molecule has 2 rings (SSSR count). The number of nitrogens with one attached hydrogen (secondary N) is 2. The minimum absolute atomic E-state index is 0.232. The molecule has 0 aromatic heterocycles. The summed E-state index contributed by atoms with van der Waals surface area (Å²) in [5.74, 6) is 1.73. The Kier molecular flexibility index (Phi) is 5.37. The van der Waals surface area contributed by atoms with Crippen molar-refractivity contribution in [1.82, 2.24) is 10.6 Å². The van der Waals surface area contributed by atoms with Crippen LogP contribution in [0.1, 0.15) is 45.4 Å². The van der Waals surface area contributed by atoms with Gasteiger partial charge in [-0.15, -0.1) is 11.8 Å². The molecule has 0 aromatic carbocycles. The summed E-state index contributed by atoms with van der Waals surface area (Å²) in [5.41, 5.74) is 0. The normalized spacial score (nSPS) is 32.2. The zero-order valence-corrected chi connectivity index (χ0v) is 12.4. The van der Waals surface area contributed by atoms with E-state index in [9.17, 15) is 4.79 Å². The fourth-order valence-corrected chi connectivity index (χ4v) is 4.14. The molecule has 3 atom stereocenters. The van der Waals surface area contributed by atoms with Gasteiger partial charge in [0.2, 0.25) is 5.91 Å². The van der Waals surface area contributed by atoms with Gasteiger partial charge in [-0.1, -0.05) is 13.3 Å². The van der Waals surface area contributed by atoms with E-state index in [0.29, 0.717) is 23.1 Å². The van der Waals surface area contributed by atoms with Crippen LogP contribution in [-0.4, -0.2) is 36.0 Å². The van der Waals surface area contributed by atoms with Crippen LogP contribution in [0.25, 0.3) is 0 Å². The first-order valence-corrected chi connectivity index (χ1v) is 8.36. The molecular weight excluding hydrogens is 244 g/mol. The quantitative estimate of drug-likeness (QED) is 0.777. The Bertz CT molecular complexity index is 281. The molecule has 104 valence electrons. The highest BCUT2D eigenvalue weighted by atomic mass is 32.2. The van der Waals surface area contributed by atoms with Crippen molar-refractivity contribution in [3.63, 3.8) is 0 Å². The maximum atomic E-state index is 11.7. The number of thioether (sulfide) groups is 1. The second kappa shape index (κ2) is 6.80. The summed E-state index contributed by atoms with van der Waals surface area (Å²) in [5, 5.41) is 7.10. The Hall–Kier alpha value is -0.220. The molecule has 2 aliphatic rings. The van der Waals surface area contributed by atoms with E-state index in [4.69, 9.17) is 0 Å². The van der Waals surface area contributed by atoms with Crippen LogP contribution in [0.5, 0.6) is 0 Å². The standard InChI is InChI=1S/C14H26N2OS/c1-3-10-4-7-12(15-2)13(8-10)18-9-14(17)16-11-5-6-11/h10-13,15H,3-9H2,1-2H3,(H,16,17). The molecular formula is C14H26N2OS. The van der Waals surface area contributed by atoms with Crippen molar-refractivity contribution in [2.75, 3.05) is 12.8 Å². The number of amides is 1. The summed E-state index contributed by atoms with van der Waals surface area (Å²) in [6.45, 7) is 2.28. The number of carbonyl (C=O) groups excluding carboxylic acids is 1. The molecule has 2 N–H and O–H groups in total. The zero-order chi connectivity index (χ0) is 13.0. The lowest BCUT2D eigenvalue weighted by atomic mass is 9.84. The largest absolute Gasteiger partial charge is 0.353 e. The molecule has 3 nitrogen and oxygen atoms in total. The fourth-order valence-electron chi connectivity index (χ4n) is 2.78. The third-order valence-electron chi connectivity index (χ3n) is 4.22. The number of hydrogen-bond acceptors (Lipinski definition) is 3. The summed E-state index contributed by atoms with van der Waals surface area (Å²) in [6, 6.07) is 1.08. The first-order valence-electron chi connectivity index (χ1n) is 7.31. The molecule has 2 fully saturated rings. The van der Waals surface area contributed by atoms with Gasteiger partial charge in [0, 0.05) is 17.3 Å². The van der Waals surface area contributed by atoms with Crippen LogP contribution in [-0.2, 0) is 4.79 Å². The second-order valence-electron chi connectivity index (χ2n) is 5.67. The molecule has 2 aliphatic carbocycles. The Morgan fingerprint density at radius 3 is 2.67 bits per heavy atom. The van der Waals surface area contributed by atoms with Gasteiger partial charge in [0.15, 0.2) is 0 Å². The van der Waals surface area contributed by atoms with Gasteiger partial charge in [0.05, 0.1) is 5.75 Å². The van der Waals surface area contributed by atoms with E-state index >= 15 is 0 Å². The Labute approximate surface area is 115 Å². The lowest BCUT2D eigenvalue weighted by Gasteiger charge is -2.35. The zero-order valence-electron chi connectivity index (χ0n) is 11.6. The van der Waals surface area contributed by atoms with Crippen LogP contribution in [0.2, 0.25) is 0 Å². The molecule has 0 heterocycles. The van der Waals surface area contributed by atoms with Gasteiger partial charge in [-0.05, 0) is 45.1 Å². The SMILES string of the molecule is CCC1CCC(NC)C(SCC(=O)NC2CC2)C1. The molecule has 3 unspecified atom stereocenters. The van der Waals surface area contributed by atoms with E-state index in [2.05, 4.69) is 24.6 Å². The smallest absolute Gasteiger partial charge is 0.230 e. The van der Waals surface area contributed by atoms with Gasteiger partial charge in [-0.25, -0.2) is 0 Å². The van der Waals surface area contributed by atoms with Crippen molar-refractivity contribution in [3.05, 3.63) is 0 Å². The molecule has 0 aromatic rings. The Morgan fingerprint density at radius 1 is 1.28 bits per heavy atom. The van der Waals surface area contributed by atoms with Crippen LogP contribution in [0, 0.1) is 5.92 Å². The van der Waals surface area contributed by atoms with Crippen molar-refractivity contribution < 1.29 is 4.79 Å². The highest BCUT2D eigenvalue weighted by molar-refractivity contribution is 8.00. The second-order valence-corrected chi connectivity index (χ2v) is 6.90. The van der Waals surface area contributed by atoms with Crippen molar-refractivity contribution >= 4 is 17.7 Å². The van der Waals surface area contributed by atoms with Gasteiger partial charge in [-0.2, -0.15) is 0 Å². The average molecular weight is 270 g/mol. The monoisotopic (exact) mass is 270 g/mol. The maximum Gasteiger partial charge on any atom is 0.230 e. The summed E-state index contributed by atoms with van der Waals surface area (Å²) < 4.78 is 0. The van der Waals surface area contributed by atoms with E-state index in [0.717, 1.165) is 5.92 Å². The highest BCUT2D eigenvalue weighted by Gasteiger charge is 2.30. The van der Waals surface area contributed by atoms with E-state index in [1.807, 2.05) is 11.8 Å². The van der Waals surface area contributed by atoms with Crippen LogP contribution in [0.3, 0.4) is 0 Å². The first kappa shape index (κ1) is 14.2. The minimum Gasteiger partial charge on any atom is -0.353 e. The molecule has 0 radical (unpaired) electrons. The molecule has 1 amide bonds. The van der Waals surface area contributed by atoms with E-state index in [-0.39, 0.29) is 5.91 Å². The molecule has 2 saturated carbocycles. The number of hydrogen-bond donors (Lipinski definition) is 2. The van der Waals surface area contributed by atoms with Crippen LogP contribution in [0.4, 0.5) is 0 Å². The predicted octanol–water partition coefficient (Wildman–Crippen LogP) is 2.16. The lowest BCUT2D eigenvalue weighted by molar-refractivity contribution is -0.118. The molecule has 0 aliphatic heterocycles. The molecule has 0 spiro atoms. The topological polar surface area (TPSA) is 41.1 Å². The van der Waals surface area contributed by atoms with Crippen LogP contribution in [0.15, 0.2) is 0 Å². The predicted molar refractivity (Wildman–Crippen MR) is 77.9 cm³/mol. The maximum absolute atomic E-state index is 11.7. The molecule has 0 saturated heterocycles. The fraction of sp³-hybridized carbons (Fsp3) is 0.929. The average Bonchev–Trinajstić information content (AvgIpc) is 3.19. The summed E-state index contributed by atoms with van der Waals surface area (Å²) in [6.07, 6.45) is 7.50. The number of rotatable bonds is 6. The third kappa shape index (κ3) is 4.16.